The van der Waals surface area contributed by atoms with Crippen molar-refractivity contribution in [1.82, 2.24) is 5.32 Å². The van der Waals surface area contributed by atoms with Crippen LogP contribution in [0.3, 0.4) is 0 Å². The van der Waals surface area contributed by atoms with Crippen LogP contribution in [-0.2, 0) is 0 Å². The van der Waals surface area contributed by atoms with Crippen molar-refractivity contribution in [2.45, 2.75) is 33.6 Å². The third-order valence-corrected chi connectivity index (χ3v) is 4.91. The highest BCUT2D eigenvalue weighted by Crippen LogP contribution is 2.41. The Hall–Kier alpha value is -0.210. The van der Waals surface area contributed by atoms with Gasteiger partial charge in [0.1, 0.15) is 0 Å². The first-order valence-electron chi connectivity index (χ1n) is 5.89. The van der Waals surface area contributed by atoms with E-state index < -0.39 is 0 Å². The summed E-state index contributed by atoms with van der Waals surface area (Å²) in [5.41, 5.74) is 3.06. The molecule has 0 spiro atoms. The molecule has 1 aliphatic heterocycles. The lowest BCUT2D eigenvalue weighted by Gasteiger charge is -2.27. The lowest BCUT2D eigenvalue weighted by atomic mass is 9.81. The molecule has 15 heavy (non-hydrogen) atoms. The molecule has 0 radical (unpaired) electrons. The second kappa shape index (κ2) is 4.75. The van der Waals surface area contributed by atoms with Crippen LogP contribution in [0.4, 0.5) is 0 Å². The van der Waals surface area contributed by atoms with Gasteiger partial charge in [-0.05, 0) is 62.3 Å². The van der Waals surface area contributed by atoms with E-state index in [9.17, 15) is 0 Å². The van der Waals surface area contributed by atoms with Crippen molar-refractivity contribution in [2.24, 2.45) is 11.8 Å². The molecule has 1 fully saturated rings. The van der Waals surface area contributed by atoms with E-state index in [4.69, 9.17) is 0 Å². The molecule has 1 heterocycles. The Kier molecular flexibility index (Phi) is 3.57. The lowest BCUT2D eigenvalue weighted by molar-refractivity contribution is 0.419. The molecule has 0 aromatic heterocycles. The Morgan fingerprint density at radius 1 is 1.40 bits per heavy atom. The number of thioether (sulfide) groups is 1. The first-order chi connectivity index (χ1) is 7.18. The van der Waals surface area contributed by atoms with Crippen molar-refractivity contribution in [2.75, 3.05) is 13.1 Å². The van der Waals surface area contributed by atoms with E-state index in [0.717, 1.165) is 11.8 Å². The van der Waals surface area contributed by atoms with Gasteiger partial charge in [0.05, 0.1) is 0 Å². The minimum Gasteiger partial charge on any atom is -0.316 e. The van der Waals surface area contributed by atoms with Gasteiger partial charge in [-0.25, -0.2) is 0 Å². The van der Waals surface area contributed by atoms with Gasteiger partial charge in [-0.2, -0.15) is 0 Å². The largest absolute Gasteiger partial charge is 0.316 e. The summed E-state index contributed by atoms with van der Waals surface area (Å²) in [5, 5.41) is 5.81. The van der Waals surface area contributed by atoms with Crippen molar-refractivity contribution in [3.8, 4) is 0 Å². The molecule has 1 saturated heterocycles. The normalized spacial score (nSPS) is 30.3. The highest BCUT2D eigenvalue weighted by molar-refractivity contribution is 8.05. The second-order valence-corrected chi connectivity index (χ2v) is 5.95. The number of nitrogens with one attached hydrogen (secondary N) is 1. The standard InChI is InChI=1S/C13H21NS/c1-9(2)8-15-13-5-4-11-6-14-7-12(11)10(13)3/h8,11-12,14H,4-7H2,1-3H3. The molecule has 0 bridgehead atoms. The van der Waals surface area contributed by atoms with Gasteiger partial charge in [0.15, 0.2) is 0 Å². The van der Waals surface area contributed by atoms with Gasteiger partial charge in [0.25, 0.3) is 0 Å². The number of rotatable bonds is 2. The predicted octanol–water partition coefficient (Wildman–Crippen LogP) is 3.55. The Morgan fingerprint density at radius 3 is 2.93 bits per heavy atom. The van der Waals surface area contributed by atoms with Gasteiger partial charge in [0, 0.05) is 6.54 Å². The number of allylic oxidation sites excluding steroid dienone is 2. The van der Waals surface area contributed by atoms with Crippen LogP contribution in [0.5, 0.6) is 0 Å². The van der Waals surface area contributed by atoms with Crippen LogP contribution in [0.1, 0.15) is 33.6 Å². The fourth-order valence-electron chi connectivity index (χ4n) is 2.60. The average molecular weight is 223 g/mol. The van der Waals surface area contributed by atoms with E-state index in [1.165, 1.54) is 31.5 Å². The maximum atomic E-state index is 3.52. The van der Waals surface area contributed by atoms with Gasteiger partial charge in [0.2, 0.25) is 0 Å². The molecule has 1 N–H and O–H groups in total. The maximum Gasteiger partial charge on any atom is 0.00204 e. The molecule has 0 saturated carbocycles. The summed E-state index contributed by atoms with van der Waals surface area (Å²) < 4.78 is 0. The predicted molar refractivity (Wildman–Crippen MR) is 68.8 cm³/mol. The van der Waals surface area contributed by atoms with Crippen molar-refractivity contribution in [3.63, 3.8) is 0 Å². The highest BCUT2D eigenvalue weighted by Gasteiger charge is 2.32. The smallest absolute Gasteiger partial charge is 0.00204 e. The first kappa shape index (κ1) is 11.3. The van der Waals surface area contributed by atoms with Crippen molar-refractivity contribution >= 4 is 11.8 Å². The van der Waals surface area contributed by atoms with Crippen LogP contribution >= 0.6 is 11.8 Å². The van der Waals surface area contributed by atoms with E-state index in [0.29, 0.717) is 0 Å². The molecule has 2 rings (SSSR count). The molecule has 0 aromatic rings. The molecular weight excluding hydrogens is 202 g/mol. The van der Waals surface area contributed by atoms with E-state index in [1.54, 1.807) is 10.5 Å². The van der Waals surface area contributed by atoms with Crippen LogP contribution in [0, 0.1) is 11.8 Å². The summed E-state index contributed by atoms with van der Waals surface area (Å²) in [6.07, 6.45) is 2.68. The van der Waals surface area contributed by atoms with Crippen LogP contribution in [0.2, 0.25) is 0 Å². The maximum absolute atomic E-state index is 3.52. The minimum atomic E-state index is 0.826. The van der Waals surface area contributed by atoms with Gasteiger partial charge >= 0.3 is 0 Å². The van der Waals surface area contributed by atoms with Crippen molar-refractivity contribution in [1.29, 1.82) is 0 Å². The molecule has 2 aliphatic rings. The zero-order chi connectivity index (χ0) is 10.8. The van der Waals surface area contributed by atoms with Crippen LogP contribution in [0.25, 0.3) is 0 Å². The molecule has 2 heteroatoms. The fourth-order valence-corrected chi connectivity index (χ4v) is 3.56. The van der Waals surface area contributed by atoms with Gasteiger partial charge in [-0.3, -0.25) is 0 Å². The third kappa shape index (κ3) is 2.48. The third-order valence-electron chi connectivity index (χ3n) is 3.51. The summed E-state index contributed by atoms with van der Waals surface area (Å²) >= 11 is 1.95. The van der Waals surface area contributed by atoms with E-state index in [1.807, 2.05) is 11.8 Å². The van der Waals surface area contributed by atoms with E-state index in [2.05, 4.69) is 31.5 Å². The molecule has 1 aliphatic carbocycles. The van der Waals surface area contributed by atoms with E-state index >= 15 is 0 Å². The highest BCUT2D eigenvalue weighted by atomic mass is 32.2. The lowest BCUT2D eigenvalue weighted by Crippen LogP contribution is -2.19. The molecule has 1 nitrogen and oxygen atoms in total. The van der Waals surface area contributed by atoms with Gasteiger partial charge in [-0.15, -0.1) is 11.8 Å². The summed E-state index contributed by atoms with van der Waals surface area (Å²) in [5.74, 6) is 1.74. The zero-order valence-electron chi connectivity index (χ0n) is 9.97. The molecule has 0 amide bonds. The van der Waals surface area contributed by atoms with Crippen molar-refractivity contribution < 1.29 is 0 Å². The van der Waals surface area contributed by atoms with Crippen molar-refractivity contribution in [3.05, 3.63) is 21.5 Å². The summed E-state index contributed by atoms with van der Waals surface area (Å²) in [6.45, 7) is 9.13. The quantitative estimate of drug-likeness (QED) is 0.768. The number of hydrogen-bond donors (Lipinski definition) is 1. The number of fused-ring (bicyclic) bond motifs is 1. The monoisotopic (exact) mass is 223 g/mol. The zero-order valence-corrected chi connectivity index (χ0v) is 10.8. The average Bonchev–Trinajstić information content (AvgIpc) is 2.65. The topological polar surface area (TPSA) is 12.0 Å². The Balaban J connectivity index is 2.10. The minimum absolute atomic E-state index is 0.826. The molecular formula is C13H21NS. The SMILES string of the molecule is CC(C)=CSC1=C(C)C2CNCC2CC1. The van der Waals surface area contributed by atoms with Crippen LogP contribution in [0.15, 0.2) is 21.5 Å². The number of hydrogen-bond acceptors (Lipinski definition) is 2. The molecule has 0 aromatic carbocycles. The Labute approximate surface area is 97.4 Å². The fraction of sp³-hybridized carbons (Fsp3) is 0.692. The molecule has 84 valence electrons. The van der Waals surface area contributed by atoms with Gasteiger partial charge in [-0.1, -0.05) is 11.1 Å². The van der Waals surface area contributed by atoms with E-state index in [-0.39, 0.29) is 0 Å². The van der Waals surface area contributed by atoms with Crippen LogP contribution in [-0.4, -0.2) is 13.1 Å². The Morgan fingerprint density at radius 2 is 2.20 bits per heavy atom. The summed E-state index contributed by atoms with van der Waals surface area (Å²) in [4.78, 5) is 1.63. The molecule has 2 unspecified atom stereocenters. The first-order valence-corrected chi connectivity index (χ1v) is 6.77. The van der Waals surface area contributed by atoms with Crippen LogP contribution < -0.4 is 5.32 Å². The van der Waals surface area contributed by atoms with Gasteiger partial charge < -0.3 is 5.32 Å². The molecule has 2 atom stereocenters. The Bertz CT molecular complexity index is 300. The summed E-state index contributed by atoms with van der Waals surface area (Å²) in [6, 6.07) is 0. The summed E-state index contributed by atoms with van der Waals surface area (Å²) in [7, 11) is 0. The second-order valence-electron chi connectivity index (χ2n) is 4.98.